The van der Waals surface area contributed by atoms with Crippen molar-refractivity contribution >= 4 is 22.9 Å². The number of methoxy groups -OCH3 is 1. The minimum absolute atomic E-state index is 0.202. The van der Waals surface area contributed by atoms with Crippen LogP contribution in [0, 0.1) is 5.41 Å². The first kappa shape index (κ1) is 18.0. The van der Waals surface area contributed by atoms with E-state index in [1.54, 1.807) is 7.11 Å². The number of fused-ring (bicyclic) bond motifs is 2. The summed E-state index contributed by atoms with van der Waals surface area (Å²) >= 11 is 0. The molecule has 0 saturated carbocycles. The molecule has 4 rings (SSSR count). The molecule has 0 bridgehead atoms. The molecule has 0 radical (unpaired) electrons. The van der Waals surface area contributed by atoms with Gasteiger partial charge in [0.2, 0.25) is 5.91 Å². The molecule has 1 aliphatic carbocycles. The predicted molar refractivity (Wildman–Crippen MR) is 103 cm³/mol. The number of aromatic amines is 1. The van der Waals surface area contributed by atoms with E-state index in [2.05, 4.69) is 15.3 Å². The molecule has 7 nitrogen and oxygen atoms in total. The van der Waals surface area contributed by atoms with Gasteiger partial charge in [0.1, 0.15) is 11.6 Å². The molecule has 1 amide bonds. The lowest BCUT2D eigenvalue weighted by atomic mass is 9.80. The van der Waals surface area contributed by atoms with Gasteiger partial charge in [0.25, 0.3) is 0 Å². The maximum Gasteiger partial charge on any atom is 0.304 e. The van der Waals surface area contributed by atoms with Crippen LogP contribution in [0.15, 0.2) is 42.5 Å². The second kappa shape index (κ2) is 6.99. The van der Waals surface area contributed by atoms with Crippen LogP contribution < -0.4 is 10.1 Å². The van der Waals surface area contributed by atoms with E-state index in [9.17, 15) is 14.7 Å². The molecule has 1 aliphatic rings. The van der Waals surface area contributed by atoms with E-state index >= 15 is 0 Å². The number of rotatable bonds is 6. The van der Waals surface area contributed by atoms with Crippen LogP contribution >= 0.6 is 0 Å². The maximum atomic E-state index is 13.0. The Balaban J connectivity index is 1.52. The molecule has 3 aromatic rings. The fourth-order valence-electron chi connectivity index (χ4n) is 3.95. The summed E-state index contributed by atoms with van der Waals surface area (Å²) in [7, 11) is 1.59. The number of aromatic nitrogens is 2. The van der Waals surface area contributed by atoms with Crippen LogP contribution in [0.25, 0.3) is 11.0 Å². The molecule has 144 valence electrons. The standard InChI is InChI=1S/C21H21N3O4/c1-28-15-6-7-16-17(8-15)24-18(23-16)12-22-20(27)21(11-19(25)26)9-13-4-2-3-5-14(13)10-21/h2-8H,9-12H2,1H3,(H,22,27)(H,23,24)(H,25,26). The number of amides is 1. The Morgan fingerprint density at radius 1 is 1.21 bits per heavy atom. The summed E-state index contributed by atoms with van der Waals surface area (Å²) in [6.07, 6.45) is 0.655. The quantitative estimate of drug-likeness (QED) is 0.610. The summed E-state index contributed by atoms with van der Waals surface area (Å²) in [6.45, 7) is 0.202. The number of nitrogens with zero attached hydrogens (tertiary/aromatic N) is 1. The monoisotopic (exact) mass is 379 g/mol. The van der Waals surface area contributed by atoms with E-state index in [1.165, 1.54) is 0 Å². The Morgan fingerprint density at radius 2 is 1.93 bits per heavy atom. The van der Waals surface area contributed by atoms with Crippen molar-refractivity contribution in [3.05, 3.63) is 59.4 Å². The van der Waals surface area contributed by atoms with Crippen molar-refractivity contribution in [2.75, 3.05) is 7.11 Å². The molecular formula is C21H21N3O4. The number of carboxylic acids is 1. The highest BCUT2D eigenvalue weighted by Gasteiger charge is 2.45. The van der Waals surface area contributed by atoms with Gasteiger partial charge in [-0.05, 0) is 36.1 Å². The summed E-state index contributed by atoms with van der Waals surface area (Å²) in [4.78, 5) is 32.1. The molecule has 0 unspecified atom stereocenters. The first-order valence-corrected chi connectivity index (χ1v) is 9.09. The number of hydrogen-bond acceptors (Lipinski definition) is 4. The summed E-state index contributed by atoms with van der Waals surface area (Å²) in [5.74, 6) is 0.0826. The number of carbonyl (C=O) groups excluding carboxylic acids is 1. The first-order chi connectivity index (χ1) is 13.5. The molecule has 0 atom stereocenters. The molecule has 7 heteroatoms. The van der Waals surface area contributed by atoms with E-state index in [0.29, 0.717) is 24.4 Å². The van der Waals surface area contributed by atoms with Gasteiger partial charge in [0.05, 0.1) is 36.5 Å². The van der Waals surface area contributed by atoms with Gasteiger partial charge >= 0.3 is 5.97 Å². The van der Waals surface area contributed by atoms with E-state index in [-0.39, 0.29) is 18.9 Å². The van der Waals surface area contributed by atoms with Crippen LogP contribution in [0.4, 0.5) is 0 Å². The molecule has 1 aromatic heterocycles. The summed E-state index contributed by atoms with van der Waals surface area (Å²) in [5, 5.41) is 12.3. The number of imidazole rings is 1. The van der Waals surface area contributed by atoms with Gasteiger partial charge in [-0.2, -0.15) is 0 Å². The van der Waals surface area contributed by atoms with Crippen molar-refractivity contribution in [3.8, 4) is 5.75 Å². The number of nitrogens with one attached hydrogen (secondary N) is 2. The Hall–Kier alpha value is -3.35. The average Bonchev–Trinajstić information content (AvgIpc) is 3.25. The normalized spacial score (nSPS) is 14.6. The summed E-state index contributed by atoms with van der Waals surface area (Å²) < 4.78 is 5.20. The van der Waals surface area contributed by atoms with Crippen molar-refractivity contribution in [3.63, 3.8) is 0 Å². The summed E-state index contributed by atoms with van der Waals surface area (Å²) in [5.41, 5.74) is 2.70. The van der Waals surface area contributed by atoms with E-state index in [0.717, 1.165) is 22.2 Å². The average molecular weight is 379 g/mol. The Bertz CT molecular complexity index is 1030. The molecule has 1 heterocycles. The Morgan fingerprint density at radius 3 is 2.57 bits per heavy atom. The molecule has 0 saturated heterocycles. The Labute approximate surface area is 161 Å². The number of carbonyl (C=O) groups is 2. The minimum Gasteiger partial charge on any atom is -0.497 e. The van der Waals surface area contributed by atoms with Crippen LogP contribution in [0.3, 0.4) is 0 Å². The molecular weight excluding hydrogens is 358 g/mol. The van der Waals surface area contributed by atoms with Crippen LogP contribution in [0.5, 0.6) is 5.75 Å². The smallest absolute Gasteiger partial charge is 0.304 e. The van der Waals surface area contributed by atoms with E-state index in [4.69, 9.17) is 4.74 Å². The lowest BCUT2D eigenvalue weighted by Gasteiger charge is -2.25. The zero-order chi connectivity index (χ0) is 19.7. The number of carboxylic acid groups (broad SMARTS) is 1. The highest BCUT2D eigenvalue weighted by atomic mass is 16.5. The molecule has 0 spiro atoms. The fourth-order valence-corrected chi connectivity index (χ4v) is 3.95. The third kappa shape index (κ3) is 3.31. The van der Waals surface area contributed by atoms with Crippen LogP contribution in [0.1, 0.15) is 23.4 Å². The van der Waals surface area contributed by atoms with Gasteiger partial charge in [-0.3, -0.25) is 9.59 Å². The number of benzene rings is 2. The van der Waals surface area contributed by atoms with Crippen molar-refractivity contribution in [1.29, 1.82) is 0 Å². The van der Waals surface area contributed by atoms with Gasteiger partial charge in [0, 0.05) is 6.07 Å². The number of H-pyrrole nitrogens is 1. The van der Waals surface area contributed by atoms with E-state index in [1.807, 2.05) is 42.5 Å². The third-order valence-corrected chi connectivity index (χ3v) is 5.30. The lowest BCUT2D eigenvalue weighted by Crippen LogP contribution is -2.43. The van der Waals surface area contributed by atoms with E-state index < -0.39 is 11.4 Å². The largest absolute Gasteiger partial charge is 0.497 e. The second-order valence-electron chi connectivity index (χ2n) is 7.22. The molecule has 0 aliphatic heterocycles. The molecule has 2 aromatic carbocycles. The van der Waals surface area contributed by atoms with Crippen LogP contribution in [0.2, 0.25) is 0 Å². The number of ether oxygens (including phenoxy) is 1. The topological polar surface area (TPSA) is 104 Å². The lowest BCUT2D eigenvalue weighted by molar-refractivity contribution is -0.145. The molecule has 28 heavy (non-hydrogen) atoms. The molecule has 3 N–H and O–H groups in total. The van der Waals surface area contributed by atoms with Crippen molar-refractivity contribution in [2.45, 2.75) is 25.8 Å². The Kier molecular flexibility index (Phi) is 4.50. The highest BCUT2D eigenvalue weighted by Crippen LogP contribution is 2.40. The van der Waals surface area contributed by atoms with Crippen LogP contribution in [-0.2, 0) is 29.0 Å². The predicted octanol–water partition coefficient (Wildman–Crippen LogP) is 2.45. The number of aliphatic carboxylic acids is 1. The maximum absolute atomic E-state index is 13.0. The first-order valence-electron chi connectivity index (χ1n) is 9.09. The minimum atomic E-state index is -0.973. The van der Waals surface area contributed by atoms with Gasteiger partial charge < -0.3 is 20.1 Å². The van der Waals surface area contributed by atoms with Gasteiger partial charge in [0.15, 0.2) is 0 Å². The third-order valence-electron chi connectivity index (χ3n) is 5.30. The van der Waals surface area contributed by atoms with Crippen LogP contribution in [-0.4, -0.2) is 34.1 Å². The highest BCUT2D eigenvalue weighted by molar-refractivity contribution is 5.88. The van der Waals surface area contributed by atoms with Gasteiger partial charge in [-0.1, -0.05) is 24.3 Å². The fraction of sp³-hybridized carbons (Fsp3) is 0.286. The van der Waals surface area contributed by atoms with Crippen molar-refractivity contribution < 1.29 is 19.4 Å². The summed E-state index contributed by atoms with van der Waals surface area (Å²) in [6, 6.07) is 13.3. The van der Waals surface area contributed by atoms with Crippen molar-refractivity contribution in [2.24, 2.45) is 5.41 Å². The second-order valence-corrected chi connectivity index (χ2v) is 7.22. The van der Waals surface area contributed by atoms with Gasteiger partial charge in [-0.15, -0.1) is 0 Å². The van der Waals surface area contributed by atoms with Crippen molar-refractivity contribution in [1.82, 2.24) is 15.3 Å². The zero-order valence-electron chi connectivity index (χ0n) is 15.5. The zero-order valence-corrected chi connectivity index (χ0v) is 15.5. The molecule has 0 fully saturated rings. The number of hydrogen-bond donors (Lipinski definition) is 3. The SMILES string of the molecule is COc1ccc2[nH]c(CNC(=O)C3(CC(=O)O)Cc4ccccc4C3)nc2c1. The van der Waals surface area contributed by atoms with Gasteiger partial charge in [-0.25, -0.2) is 4.98 Å².